The third-order valence-corrected chi connectivity index (χ3v) is 3.86. The molecule has 1 N–H and O–H groups in total. The summed E-state index contributed by atoms with van der Waals surface area (Å²) >= 11 is 0. The SMILES string of the molecule is CCC(CC)N(CC(C)C)[C@@H]1CCC[C@H]1O. The summed E-state index contributed by atoms with van der Waals surface area (Å²) in [6.07, 6.45) is 5.70. The molecule has 0 aliphatic heterocycles. The van der Waals surface area contributed by atoms with Crippen molar-refractivity contribution in [3.8, 4) is 0 Å². The third-order valence-electron chi connectivity index (χ3n) is 3.86. The Morgan fingerprint density at radius 3 is 2.19 bits per heavy atom. The summed E-state index contributed by atoms with van der Waals surface area (Å²) in [4.78, 5) is 2.59. The molecule has 0 aromatic carbocycles. The molecule has 2 atom stereocenters. The van der Waals surface area contributed by atoms with Gasteiger partial charge in [0.25, 0.3) is 0 Å². The second-order valence-corrected chi connectivity index (χ2v) is 5.63. The van der Waals surface area contributed by atoms with Crippen molar-refractivity contribution in [2.75, 3.05) is 6.54 Å². The Hall–Kier alpha value is -0.0800. The fourth-order valence-electron chi connectivity index (χ4n) is 3.04. The van der Waals surface area contributed by atoms with Gasteiger partial charge in [-0.3, -0.25) is 4.90 Å². The van der Waals surface area contributed by atoms with Crippen LogP contribution < -0.4 is 0 Å². The highest BCUT2D eigenvalue weighted by Crippen LogP contribution is 2.28. The predicted octanol–water partition coefficient (Wildman–Crippen LogP) is 3.05. The molecule has 0 amide bonds. The molecule has 0 aromatic rings. The van der Waals surface area contributed by atoms with Crippen LogP contribution in [0.25, 0.3) is 0 Å². The molecule has 2 nitrogen and oxygen atoms in total. The Morgan fingerprint density at radius 2 is 1.81 bits per heavy atom. The summed E-state index contributed by atoms with van der Waals surface area (Å²) < 4.78 is 0. The van der Waals surface area contributed by atoms with Crippen molar-refractivity contribution in [2.24, 2.45) is 5.92 Å². The molecule has 1 rings (SSSR count). The van der Waals surface area contributed by atoms with Crippen molar-refractivity contribution in [3.05, 3.63) is 0 Å². The minimum atomic E-state index is -0.0839. The molecule has 1 fully saturated rings. The fourth-order valence-corrected chi connectivity index (χ4v) is 3.04. The Bertz CT molecular complexity index is 189. The monoisotopic (exact) mass is 227 g/mol. The molecule has 1 saturated carbocycles. The van der Waals surface area contributed by atoms with E-state index < -0.39 is 0 Å². The average Bonchev–Trinajstić information content (AvgIpc) is 2.64. The molecule has 0 radical (unpaired) electrons. The third kappa shape index (κ3) is 3.46. The van der Waals surface area contributed by atoms with Gasteiger partial charge in [0.1, 0.15) is 0 Å². The molecule has 0 aromatic heterocycles. The number of aliphatic hydroxyl groups is 1. The maximum atomic E-state index is 10.1. The molecule has 1 aliphatic rings. The quantitative estimate of drug-likeness (QED) is 0.754. The zero-order chi connectivity index (χ0) is 12.1. The zero-order valence-corrected chi connectivity index (χ0v) is 11.4. The summed E-state index contributed by atoms with van der Waals surface area (Å²) in [5.41, 5.74) is 0. The van der Waals surface area contributed by atoms with Crippen LogP contribution >= 0.6 is 0 Å². The summed E-state index contributed by atoms with van der Waals surface area (Å²) in [6, 6.07) is 1.08. The van der Waals surface area contributed by atoms with Crippen LogP contribution in [0.3, 0.4) is 0 Å². The van der Waals surface area contributed by atoms with Gasteiger partial charge in [-0.25, -0.2) is 0 Å². The van der Waals surface area contributed by atoms with Crippen molar-refractivity contribution in [1.29, 1.82) is 0 Å². The molecule has 16 heavy (non-hydrogen) atoms. The van der Waals surface area contributed by atoms with E-state index in [9.17, 15) is 5.11 Å². The number of nitrogens with zero attached hydrogens (tertiary/aromatic N) is 1. The maximum absolute atomic E-state index is 10.1. The van der Waals surface area contributed by atoms with Gasteiger partial charge in [0, 0.05) is 18.6 Å². The van der Waals surface area contributed by atoms with Gasteiger partial charge >= 0.3 is 0 Å². The molecule has 0 unspecified atom stereocenters. The fraction of sp³-hybridized carbons (Fsp3) is 1.00. The first-order valence-corrected chi connectivity index (χ1v) is 7.03. The summed E-state index contributed by atoms with van der Waals surface area (Å²) in [5, 5.41) is 10.1. The van der Waals surface area contributed by atoms with E-state index in [0.29, 0.717) is 18.0 Å². The molecule has 0 bridgehead atoms. The molecule has 0 saturated heterocycles. The lowest BCUT2D eigenvalue weighted by molar-refractivity contribution is 0.0323. The summed E-state index contributed by atoms with van der Waals surface area (Å²) in [7, 11) is 0. The first-order valence-electron chi connectivity index (χ1n) is 7.03. The van der Waals surface area contributed by atoms with Gasteiger partial charge in [-0.2, -0.15) is 0 Å². The number of rotatable bonds is 6. The lowest BCUT2D eigenvalue weighted by Gasteiger charge is -2.38. The van der Waals surface area contributed by atoms with Gasteiger partial charge < -0.3 is 5.11 Å². The van der Waals surface area contributed by atoms with Crippen LogP contribution in [0.1, 0.15) is 59.8 Å². The van der Waals surface area contributed by atoms with Crippen molar-refractivity contribution in [1.82, 2.24) is 4.90 Å². The van der Waals surface area contributed by atoms with Crippen LogP contribution in [0.5, 0.6) is 0 Å². The molecule has 2 heteroatoms. The van der Waals surface area contributed by atoms with Gasteiger partial charge in [-0.1, -0.05) is 27.7 Å². The molecular weight excluding hydrogens is 198 g/mol. The van der Waals surface area contributed by atoms with Crippen LogP contribution in [0.4, 0.5) is 0 Å². The van der Waals surface area contributed by atoms with E-state index in [1.165, 1.54) is 25.7 Å². The van der Waals surface area contributed by atoms with Crippen LogP contribution in [-0.2, 0) is 0 Å². The highest BCUT2D eigenvalue weighted by molar-refractivity contribution is 4.88. The topological polar surface area (TPSA) is 23.5 Å². The zero-order valence-electron chi connectivity index (χ0n) is 11.4. The average molecular weight is 227 g/mol. The minimum Gasteiger partial charge on any atom is -0.391 e. The van der Waals surface area contributed by atoms with Gasteiger partial charge in [-0.05, 0) is 38.0 Å². The second-order valence-electron chi connectivity index (χ2n) is 5.63. The number of hydrogen-bond donors (Lipinski definition) is 1. The minimum absolute atomic E-state index is 0.0839. The maximum Gasteiger partial charge on any atom is 0.0695 e. The Kier molecular flexibility index (Phi) is 5.77. The van der Waals surface area contributed by atoms with Crippen molar-refractivity contribution in [2.45, 2.75) is 78.0 Å². The molecule has 0 spiro atoms. The predicted molar refractivity (Wildman–Crippen MR) is 69.6 cm³/mol. The van der Waals surface area contributed by atoms with Crippen LogP contribution in [0.2, 0.25) is 0 Å². The van der Waals surface area contributed by atoms with E-state index in [-0.39, 0.29) is 6.10 Å². The largest absolute Gasteiger partial charge is 0.391 e. The first kappa shape index (κ1) is 14.0. The van der Waals surface area contributed by atoms with Gasteiger partial charge in [0.05, 0.1) is 6.10 Å². The summed E-state index contributed by atoms with van der Waals surface area (Å²) in [6.45, 7) is 10.2. The highest BCUT2D eigenvalue weighted by Gasteiger charge is 2.33. The lowest BCUT2D eigenvalue weighted by Crippen LogP contribution is -2.48. The van der Waals surface area contributed by atoms with Crippen molar-refractivity contribution in [3.63, 3.8) is 0 Å². The van der Waals surface area contributed by atoms with Gasteiger partial charge in [0.2, 0.25) is 0 Å². The van der Waals surface area contributed by atoms with Crippen molar-refractivity contribution < 1.29 is 5.11 Å². The van der Waals surface area contributed by atoms with Gasteiger partial charge in [-0.15, -0.1) is 0 Å². The smallest absolute Gasteiger partial charge is 0.0695 e. The van der Waals surface area contributed by atoms with E-state index in [1.54, 1.807) is 0 Å². The van der Waals surface area contributed by atoms with Crippen molar-refractivity contribution >= 4 is 0 Å². The Morgan fingerprint density at radius 1 is 1.19 bits per heavy atom. The van der Waals surface area contributed by atoms with Crippen LogP contribution in [0.15, 0.2) is 0 Å². The number of aliphatic hydroxyl groups excluding tert-OH is 1. The first-order chi connectivity index (χ1) is 7.60. The molecule has 96 valence electrons. The van der Waals surface area contributed by atoms with E-state index in [0.717, 1.165) is 13.0 Å². The lowest BCUT2D eigenvalue weighted by atomic mass is 10.0. The highest BCUT2D eigenvalue weighted by atomic mass is 16.3. The van der Waals surface area contributed by atoms with Gasteiger partial charge in [0.15, 0.2) is 0 Å². The van der Waals surface area contributed by atoms with E-state index >= 15 is 0 Å². The van der Waals surface area contributed by atoms with E-state index in [4.69, 9.17) is 0 Å². The molecule has 0 heterocycles. The second kappa shape index (κ2) is 6.61. The Balaban J connectivity index is 2.68. The van der Waals surface area contributed by atoms with Crippen LogP contribution in [-0.4, -0.2) is 34.7 Å². The summed E-state index contributed by atoms with van der Waals surface area (Å²) in [5.74, 6) is 0.688. The molecule has 1 aliphatic carbocycles. The standard InChI is InChI=1S/C14H29NO/c1-5-12(6-2)15(10-11(3)4)13-8-7-9-14(13)16/h11-14,16H,5-10H2,1-4H3/t13-,14-/m1/s1. The van der Waals surface area contributed by atoms with Crippen LogP contribution in [0, 0.1) is 5.92 Å². The number of hydrogen-bond acceptors (Lipinski definition) is 2. The molecular formula is C14H29NO. The normalized spacial score (nSPS) is 26.2. The van der Waals surface area contributed by atoms with E-state index in [2.05, 4.69) is 32.6 Å². The Labute approximate surface area is 101 Å². The van der Waals surface area contributed by atoms with E-state index in [1.807, 2.05) is 0 Å².